The summed E-state index contributed by atoms with van der Waals surface area (Å²) in [7, 11) is 0. The van der Waals surface area contributed by atoms with Crippen LogP contribution in [0.3, 0.4) is 0 Å². The first-order chi connectivity index (χ1) is 10.9. The number of ether oxygens (including phenoxy) is 1. The molecule has 0 spiro atoms. The minimum absolute atomic E-state index is 0.160. The van der Waals surface area contributed by atoms with Gasteiger partial charge in [-0.2, -0.15) is 0 Å². The Morgan fingerprint density at radius 3 is 2.43 bits per heavy atom. The van der Waals surface area contributed by atoms with E-state index in [4.69, 9.17) is 27.8 Å². The van der Waals surface area contributed by atoms with Crippen LogP contribution in [0.25, 0.3) is 0 Å². The van der Waals surface area contributed by atoms with Gasteiger partial charge >= 0.3 is 0 Å². The van der Waals surface area contributed by atoms with E-state index in [9.17, 15) is 9.90 Å². The van der Waals surface area contributed by atoms with Crippen molar-refractivity contribution >= 4 is 17.5 Å². The topological polar surface area (TPSA) is 98.6 Å². The van der Waals surface area contributed by atoms with Crippen LogP contribution in [0.5, 0.6) is 5.75 Å². The highest BCUT2D eigenvalue weighted by atomic mass is 35.5. The van der Waals surface area contributed by atoms with Gasteiger partial charge < -0.3 is 21.3 Å². The first kappa shape index (κ1) is 17.3. The summed E-state index contributed by atoms with van der Waals surface area (Å²) in [6, 6.07) is 14.6. The van der Waals surface area contributed by atoms with Crippen LogP contribution in [0.15, 0.2) is 48.5 Å². The third-order valence-electron chi connectivity index (χ3n) is 3.51. The normalized spacial score (nSPS) is 13.3. The molecule has 2 aromatic rings. The number of halogens is 1. The van der Waals surface area contributed by atoms with Crippen molar-refractivity contribution in [2.45, 2.75) is 18.6 Å². The zero-order chi connectivity index (χ0) is 16.9. The predicted molar refractivity (Wildman–Crippen MR) is 89.1 cm³/mol. The third-order valence-corrected chi connectivity index (χ3v) is 3.75. The summed E-state index contributed by atoms with van der Waals surface area (Å²) >= 11 is 5.92. The number of hydrogen-bond acceptors (Lipinski definition) is 4. The Morgan fingerprint density at radius 1 is 1.17 bits per heavy atom. The lowest BCUT2D eigenvalue weighted by Crippen LogP contribution is -2.56. The van der Waals surface area contributed by atoms with E-state index in [1.165, 1.54) is 0 Å². The van der Waals surface area contributed by atoms with Crippen molar-refractivity contribution in [2.75, 3.05) is 6.61 Å². The fourth-order valence-corrected chi connectivity index (χ4v) is 2.30. The zero-order valence-corrected chi connectivity index (χ0v) is 13.3. The molecule has 0 fully saturated rings. The monoisotopic (exact) mass is 334 g/mol. The Hall–Kier alpha value is -2.08. The molecule has 0 aliphatic heterocycles. The van der Waals surface area contributed by atoms with Gasteiger partial charge in [-0.3, -0.25) is 4.79 Å². The van der Waals surface area contributed by atoms with Crippen molar-refractivity contribution in [3.63, 3.8) is 0 Å². The first-order valence-corrected chi connectivity index (χ1v) is 7.46. The highest BCUT2D eigenvalue weighted by Gasteiger charge is 2.31. The second-order valence-electron chi connectivity index (χ2n) is 5.42. The molecular weight excluding hydrogens is 316 g/mol. The number of aliphatic hydroxyl groups is 1. The van der Waals surface area contributed by atoms with Gasteiger partial charge in [0.15, 0.2) is 0 Å². The van der Waals surface area contributed by atoms with Crippen LogP contribution in [0.2, 0.25) is 5.02 Å². The largest absolute Gasteiger partial charge is 0.489 e. The summed E-state index contributed by atoms with van der Waals surface area (Å²) in [4.78, 5) is 11.3. The standard InChI is InChI=1S/C17H19ClN2O3/c18-14-3-1-2-13(8-14)10-23-15-6-4-12(5-7-15)9-17(20,11-21)16(19)22/h1-8,21H,9-11,20H2,(H2,19,22)/t17-/m1/s1. The van der Waals surface area contributed by atoms with Crippen molar-refractivity contribution in [3.05, 3.63) is 64.7 Å². The summed E-state index contributed by atoms with van der Waals surface area (Å²) in [6.45, 7) is -0.103. The average molecular weight is 335 g/mol. The highest BCUT2D eigenvalue weighted by molar-refractivity contribution is 6.30. The summed E-state index contributed by atoms with van der Waals surface area (Å²) in [5.41, 5.74) is 11.3. The van der Waals surface area contributed by atoms with Crippen molar-refractivity contribution < 1.29 is 14.6 Å². The van der Waals surface area contributed by atoms with Gasteiger partial charge in [0.1, 0.15) is 17.9 Å². The molecule has 0 saturated heterocycles. The molecule has 0 aliphatic rings. The molecule has 5 nitrogen and oxygen atoms in total. The maximum absolute atomic E-state index is 11.3. The lowest BCUT2D eigenvalue weighted by molar-refractivity contribution is -0.124. The van der Waals surface area contributed by atoms with E-state index < -0.39 is 18.1 Å². The van der Waals surface area contributed by atoms with Crippen molar-refractivity contribution in [3.8, 4) is 5.75 Å². The van der Waals surface area contributed by atoms with Crippen molar-refractivity contribution in [2.24, 2.45) is 11.5 Å². The van der Waals surface area contributed by atoms with E-state index in [1.807, 2.05) is 18.2 Å². The molecule has 0 aromatic heterocycles. The maximum Gasteiger partial charge on any atom is 0.240 e. The van der Waals surface area contributed by atoms with Crippen LogP contribution in [0.4, 0.5) is 0 Å². The summed E-state index contributed by atoms with van der Waals surface area (Å²) in [6.07, 6.45) is 0.160. The number of carbonyl (C=O) groups is 1. The molecule has 2 aromatic carbocycles. The number of hydrogen-bond donors (Lipinski definition) is 3. The van der Waals surface area contributed by atoms with E-state index in [1.54, 1.807) is 30.3 Å². The predicted octanol–water partition coefficient (Wildman–Crippen LogP) is 1.64. The highest BCUT2D eigenvalue weighted by Crippen LogP contribution is 2.18. The molecule has 23 heavy (non-hydrogen) atoms. The summed E-state index contributed by atoms with van der Waals surface area (Å²) in [5.74, 6) is -0.0549. The first-order valence-electron chi connectivity index (χ1n) is 7.09. The molecule has 0 bridgehead atoms. The van der Waals surface area contributed by atoms with E-state index >= 15 is 0 Å². The van der Waals surface area contributed by atoms with Gasteiger partial charge in [-0.1, -0.05) is 35.9 Å². The third kappa shape index (κ3) is 4.69. The van der Waals surface area contributed by atoms with Crippen LogP contribution in [-0.2, 0) is 17.8 Å². The van der Waals surface area contributed by atoms with Crippen LogP contribution in [-0.4, -0.2) is 23.2 Å². The molecule has 0 heterocycles. The number of benzene rings is 2. The zero-order valence-electron chi connectivity index (χ0n) is 12.5. The molecule has 0 saturated carbocycles. The van der Waals surface area contributed by atoms with Crippen molar-refractivity contribution in [1.29, 1.82) is 0 Å². The second-order valence-corrected chi connectivity index (χ2v) is 5.85. The maximum atomic E-state index is 11.3. The van der Waals surface area contributed by atoms with Gasteiger partial charge in [0.05, 0.1) is 6.61 Å². The second kappa shape index (κ2) is 7.46. The molecule has 1 atom stereocenters. The van der Waals surface area contributed by atoms with E-state index in [2.05, 4.69) is 0 Å². The van der Waals surface area contributed by atoms with E-state index in [0.29, 0.717) is 17.4 Å². The average Bonchev–Trinajstić information content (AvgIpc) is 2.54. The fourth-order valence-electron chi connectivity index (χ4n) is 2.08. The lowest BCUT2D eigenvalue weighted by atomic mass is 9.92. The molecule has 1 amide bonds. The Labute approximate surface area is 139 Å². The van der Waals surface area contributed by atoms with Crippen LogP contribution >= 0.6 is 11.6 Å². The molecule has 2 rings (SSSR count). The van der Waals surface area contributed by atoms with E-state index in [-0.39, 0.29) is 6.42 Å². The molecule has 0 aliphatic carbocycles. The Morgan fingerprint density at radius 2 is 1.87 bits per heavy atom. The number of nitrogens with two attached hydrogens (primary N) is 2. The molecule has 6 heteroatoms. The van der Waals surface area contributed by atoms with Gasteiger partial charge in [0.2, 0.25) is 5.91 Å². The van der Waals surface area contributed by atoms with Gasteiger partial charge in [0.25, 0.3) is 0 Å². The Bertz CT molecular complexity index is 676. The van der Waals surface area contributed by atoms with Gasteiger partial charge in [0, 0.05) is 11.4 Å². The van der Waals surface area contributed by atoms with Crippen LogP contribution in [0, 0.1) is 0 Å². The summed E-state index contributed by atoms with van der Waals surface area (Å²) < 4.78 is 5.68. The van der Waals surface area contributed by atoms with Crippen LogP contribution < -0.4 is 16.2 Å². The smallest absolute Gasteiger partial charge is 0.240 e. The lowest BCUT2D eigenvalue weighted by Gasteiger charge is -2.23. The number of primary amides is 1. The molecule has 5 N–H and O–H groups in total. The molecule has 0 unspecified atom stereocenters. The number of aliphatic hydroxyl groups excluding tert-OH is 1. The summed E-state index contributed by atoms with van der Waals surface area (Å²) in [5, 5.41) is 9.91. The number of rotatable bonds is 7. The van der Waals surface area contributed by atoms with Gasteiger partial charge in [-0.15, -0.1) is 0 Å². The van der Waals surface area contributed by atoms with E-state index in [0.717, 1.165) is 11.1 Å². The van der Waals surface area contributed by atoms with Crippen LogP contribution in [0.1, 0.15) is 11.1 Å². The fraction of sp³-hybridized carbons (Fsp3) is 0.235. The molecule has 122 valence electrons. The van der Waals surface area contributed by atoms with Gasteiger partial charge in [-0.05, 0) is 35.4 Å². The number of carbonyl (C=O) groups excluding carboxylic acids is 1. The quantitative estimate of drug-likeness (QED) is 0.716. The minimum Gasteiger partial charge on any atom is -0.489 e. The Kier molecular flexibility index (Phi) is 5.60. The Balaban J connectivity index is 1.98. The molecule has 0 radical (unpaired) electrons. The van der Waals surface area contributed by atoms with Gasteiger partial charge in [-0.25, -0.2) is 0 Å². The SMILES string of the molecule is NC(=O)[C@](N)(CO)Cc1ccc(OCc2cccc(Cl)c2)cc1. The molecular formula is C17H19ClN2O3. The minimum atomic E-state index is -1.46. The van der Waals surface area contributed by atoms with Crippen molar-refractivity contribution in [1.82, 2.24) is 0 Å². The number of amides is 1.